The fraction of sp³-hybridized carbons (Fsp3) is 0.750. The number of rotatable bonds is 2. The van der Waals surface area contributed by atoms with Gasteiger partial charge in [0.1, 0.15) is 0 Å². The molecular formula is C8H13NO. The molecule has 2 heteroatoms. The van der Waals surface area contributed by atoms with Crippen molar-refractivity contribution in [2.75, 3.05) is 26.8 Å². The van der Waals surface area contributed by atoms with E-state index in [1.807, 2.05) is 0 Å². The van der Waals surface area contributed by atoms with Gasteiger partial charge in [-0.2, -0.15) is 0 Å². The first-order valence-corrected chi connectivity index (χ1v) is 3.81. The van der Waals surface area contributed by atoms with Gasteiger partial charge in [0.2, 0.25) is 0 Å². The molecule has 2 aliphatic rings. The summed E-state index contributed by atoms with van der Waals surface area (Å²) in [5.74, 6) is 1.54. The minimum Gasteiger partial charge on any atom is -0.384 e. The second-order valence-electron chi connectivity index (χ2n) is 3.17. The second kappa shape index (κ2) is 2.27. The van der Waals surface area contributed by atoms with Gasteiger partial charge in [-0.25, -0.2) is 0 Å². The SMILES string of the molecule is COCC1CN2C=CC1C2. The number of hydrogen-bond acceptors (Lipinski definition) is 2. The molecule has 0 aromatic heterocycles. The van der Waals surface area contributed by atoms with Gasteiger partial charge in [-0.15, -0.1) is 0 Å². The second-order valence-corrected chi connectivity index (χ2v) is 3.17. The van der Waals surface area contributed by atoms with Crippen LogP contribution in [0.1, 0.15) is 0 Å². The van der Waals surface area contributed by atoms with Crippen molar-refractivity contribution >= 4 is 0 Å². The molecule has 1 fully saturated rings. The normalized spacial score (nSPS) is 35.9. The average Bonchev–Trinajstić information content (AvgIpc) is 2.48. The Balaban J connectivity index is 1.96. The van der Waals surface area contributed by atoms with Gasteiger partial charge in [0.05, 0.1) is 6.61 Å². The first-order chi connectivity index (χ1) is 4.90. The molecule has 0 aliphatic carbocycles. The van der Waals surface area contributed by atoms with Crippen molar-refractivity contribution in [3.8, 4) is 0 Å². The smallest absolute Gasteiger partial charge is 0.0513 e. The summed E-state index contributed by atoms with van der Waals surface area (Å²) in [5.41, 5.74) is 0. The van der Waals surface area contributed by atoms with E-state index < -0.39 is 0 Å². The van der Waals surface area contributed by atoms with Crippen molar-refractivity contribution in [2.45, 2.75) is 0 Å². The number of ether oxygens (including phenoxy) is 1. The lowest BCUT2D eigenvalue weighted by Crippen LogP contribution is -2.19. The summed E-state index contributed by atoms with van der Waals surface area (Å²) in [6.45, 7) is 3.36. The Hall–Kier alpha value is -0.500. The zero-order valence-electron chi connectivity index (χ0n) is 6.29. The summed E-state index contributed by atoms with van der Waals surface area (Å²) in [6, 6.07) is 0. The van der Waals surface area contributed by atoms with Crippen molar-refractivity contribution in [3.63, 3.8) is 0 Å². The molecule has 0 radical (unpaired) electrons. The van der Waals surface area contributed by atoms with E-state index in [2.05, 4.69) is 17.2 Å². The van der Waals surface area contributed by atoms with E-state index in [1.54, 1.807) is 7.11 Å². The molecule has 0 aromatic carbocycles. The molecule has 2 nitrogen and oxygen atoms in total. The van der Waals surface area contributed by atoms with E-state index in [-0.39, 0.29) is 0 Å². The number of hydrogen-bond donors (Lipinski definition) is 0. The highest BCUT2D eigenvalue weighted by Crippen LogP contribution is 2.30. The fourth-order valence-electron chi connectivity index (χ4n) is 1.89. The maximum absolute atomic E-state index is 5.12. The zero-order valence-corrected chi connectivity index (χ0v) is 6.29. The molecule has 2 atom stereocenters. The molecule has 0 saturated carbocycles. The summed E-state index contributed by atoms with van der Waals surface area (Å²) in [6.07, 6.45) is 4.50. The number of methoxy groups -OCH3 is 1. The van der Waals surface area contributed by atoms with Crippen molar-refractivity contribution in [1.29, 1.82) is 0 Å². The minimum atomic E-state index is 0.759. The first-order valence-electron chi connectivity index (χ1n) is 3.81. The van der Waals surface area contributed by atoms with Crippen LogP contribution < -0.4 is 0 Å². The average molecular weight is 139 g/mol. The lowest BCUT2D eigenvalue weighted by atomic mass is 9.97. The highest BCUT2D eigenvalue weighted by molar-refractivity contribution is 5.07. The number of nitrogens with zero attached hydrogens (tertiary/aromatic N) is 1. The molecule has 0 amide bonds. The van der Waals surface area contributed by atoms with Crippen LogP contribution in [0.2, 0.25) is 0 Å². The van der Waals surface area contributed by atoms with Crippen molar-refractivity contribution in [2.24, 2.45) is 11.8 Å². The summed E-state index contributed by atoms with van der Waals surface area (Å²) in [5, 5.41) is 0. The van der Waals surface area contributed by atoms with E-state index in [9.17, 15) is 0 Å². The van der Waals surface area contributed by atoms with E-state index in [4.69, 9.17) is 4.74 Å². The highest BCUT2D eigenvalue weighted by Gasteiger charge is 2.33. The molecule has 10 heavy (non-hydrogen) atoms. The molecule has 2 rings (SSSR count). The van der Waals surface area contributed by atoms with Gasteiger partial charge in [0.15, 0.2) is 0 Å². The Morgan fingerprint density at radius 3 is 3.00 bits per heavy atom. The van der Waals surface area contributed by atoms with Crippen LogP contribution in [0.4, 0.5) is 0 Å². The predicted molar refractivity (Wildman–Crippen MR) is 39.6 cm³/mol. The van der Waals surface area contributed by atoms with E-state index in [1.165, 1.54) is 13.1 Å². The standard InChI is InChI=1S/C8H13NO/c1-10-6-8-5-9-3-2-7(8)4-9/h2-3,7-8H,4-6H2,1H3. The molecule has 2 heterocycles. The molecule has 0 aromatic rings. The molecular weight excluding hydrogens is 126 g/mol. The zero-order chi connectivity index (χ0) is 6.97. The Morgan fingerprint density at radius 2 is 2.50 bits per heavy atom. The van der Waals surface area contributed by atoms with Gasteiger partial charge >= 0.3 is 0 Å². The third-order valence-corrected chi connectivity index (χ3v) is 2.44. The van der Waals surface area contributed by atoms with Gasteiger partial charge in [-0.3, -0.25) is 0 Å². The Morgan fingerprint density at radius 1 is 1.60 bits per heavy atom. The van der Waals surface area contributed by atoms with Crippen LogP contribution in [0.15, 0.2) is 12.3 Å². The van der Waals surface area contributed by atoms with E-state index in [0.717, 1.165) is 18.4 Å². The molecule has 0 spiro atoms. The molecule has 1 saturated heterocycles. The first kappa shape index (κ1) is 6.23. The fourth-order valence-corrected chi connectivity index (χ4v) is 1.89. The van der Waals surface area contributed by atoms with Crippen LogP contribution in [0.25, 0.3) is 0 Å². The largest absolute Gasteiger partial charge is 0.384 e. The third-order valence-electron chi connectivity index (χ3n) is 2.44. The van der Waals surface area contributed by atoms with Crippen LogP contribution >= 0.6 is 0 Å². The quantitative estimate of drug-likeness (QED) is 0.558. The van der Waals surface area contributed by atoms with E-state index >= 15 is 0 Å². The van der Waals surface area contributed by atoms with E-state index in [0.29, 0.717) is 0 Å². The molecule has 2 aliphatic heterocycles. The van der Waals surface area contributed by atoms with Gasteiger partial charge in [-0.05, 0) is 6.20 Å². The van der Waals surface area contributed by atoms with Crippen LogP contribution in [0, 0.1) is 11.8 Å². The van der Waals surface area contributed by atoms with Crippen LogP contribution in [-0.4, -0.2) is 31.7 Å². The van der Waals surface area contributed by atoms with Crippen LogP contribution in [0.3, 0.4) is 0 Å². The van der Waals surface area contributed by atoms with Crippen molar-refractivity contribution < 1.29 is 4.74 Å². The maximum atomic E-state index is 5.12. The minimum absolute atomic E-state index is 0.759. The molecule has 0 N–H and O–H groups in total. The van der Waals surface area contributed by atoms with Crippen LogP contribution in [-0.2, 0) is 4.74 Å². The summed E-state index contributed by atoms with van der Waals surface area (Å²) >= 11 is 0. The Bertz CT molecular complexity index is 155. The molecule has 56 valence electrons. The maximum Gasteiger partial charge on any atom is 0.0513 e. The molecule has 2 unspecified atom stereocenters. The molecule has 2 bridgehead atoms. The lowest BCUT2D eigenvalue weighted by Gasteiger charge is -2.16. The lowest BCUT2D eigenvalue weighted by molar-refractivity contribution is 0.144. The van der Waals surface area contributed by atoms with Crippen molar-refractivity contribution in [3.05, 3.63) is 12.3 Å². The Kier molecular flexibility index (Phi) is 1.42. The summed E-state index contributed by atoms with van der Waals surface area (Å²) in [4.78, 5) is 2.37. The summed E-state index contributed by atoms with van der Waals surface area (Å²) in [7, 11) is 1.78. The highest BCUT2D eigenvalue weighted by atomic mass is 16.5. The van der Waals surface area contributed by atoms with Gasteiger partial charge in [0, 0.05) is 32.0 Å². The third kappa shape index (κ3) is 0.833. The van der Waals surface area contributed by atoms with Crippen molar-refractivity contribution in [1.82, 2.24) is 4.90 Å². The Labute approximate surface area is 61.5 Å². The van der Waals surface area contributed by atoms with Crippen LogP contribution in [0.5, 0.6) is 0 Å². The predicted octanol–water partition coefficient (Wildman–Crippen LogP) is 0.708. The number of fused-ring (bicyclic) bond motifs is 2. The van der Waals surface area contributed by atoms with Gasteiger partial charge < -0.3 is 9.64 Å². The van der Waals surface area contributed by atoms with Gasteiger partial charge in [-0.1, -0.05) is 6.08 Å². The topological polar surface area (TPSA) is 12.5 Å². The van der Waals surface area contributed by atoms with Gasteiger partial charge in [0.25, 0.3) is 0 Å². The summed E-state index contributed by atoms with van der Waals surface area (Å²) < 4.78 is 5.12. The monoisotopic (exact) mass is 139 g/mol.